The van der Waals surface area contributed by atoms with E-state index in [1.165, 1.54) is 0 Å². The number of nitriles is 1. The monoisotopic (exact) mass is 173 g/mol. The number of hydrogen-bond donors (Lipinski definition) is 2. The standard InChI is InChI=1S/C9H7N3O/c10-4-6-1-2-8-7(3-6)5-11-9(13)12-8/h1-3H,5H2,(H2,11,12,13). The fraction of sp³-hybridized carbons (Fsp3) is 0.111. The highest BCUT2D eigenvalue weighted by Gasteiger charge is 2.13. The molecule has 1 heterocycles. The molecule has 2 rings (SSSR count). The van der Waals surface area contributed by atoms with Gasteiger partial charge in [-0.3, -0.25) is 0 Å². The van der Waals surface area contributed by atoms with Gasteiger partial charge in [0.05, 0.1) is 11.6 Å². The Hall–Kier alpha value is -2.02. The van der Waals surface area contributed by atoms with Crippen molar-refractivity contribution >= 4 is 11.7 Å². The Balaban J connectivity index is 2.43. The molecular formula is C9H7N3O. The highest BCUT2D eigenvalue weighted by Crippen LogP contribution is 2.19. The van der Waals surface area contributed by atoms with Crippen molar-refractivity contribution in [2.45, 2.75) is 6.54 Å². The van der Waals surface area contributed by atoms with Crippen LogP contribution in [0.5, 0.6) is 0 Å². The Bertz CT molecular complexity index is 406. The SMILES string of the molecule is N#Cc1ccc2c(c1)CNC(=O)N2. The molecular weight excluding hydrogens is 166 g/mol. The smallest absolute Gasteiger partial charge is 0.319 e. The van der Waals surface area contributed by atoms with Crippen LogP contribution in [-0.2, 0) is 6.54 Å². The van der Waals surface area contributed by atoms with Crippen LogP contribution in [-0.4, -0.2) is 6.03 Å². The topological polar surface area (TPSA) is 64.9 Å². The Kier molecular flexibility index (Phi) is 1.64. The first-order chi connectivity index (χ1) is 6.29. The molecule has 1 aromatic rings. The lowest BCUT2D eigenvalue weighted by Gasteiger charge is -2.17. The van der Waals surface area contributed by atoms with Crippen LogP contribution in [0.15, 0.2) is 18.2 Å². The second kappa shape index (κ2) is 2.79. The van der Waals surface area contributed by atoms with E-state index in [1.54, 1.807) is 18.2 Å². The third-order valence-corrected chi connectivity index (χ3v) is 1.92. The molecule has 2 N–H and O–H groups in total. The van der Waals surface area contributed by atoms with Gasteiger partial charge >= 0.3 is 6.03 Å². The molecule has 13 heavy (non-hydrogen) atoms. The van der Waals surface area contributed by atoms with Gasteiger partial charge < -0.3 is 10.6 Å². The summed E-state index contributed by atoms with van der Waals surface area (Å²) in [7, 11) is 0. The lowest BCUT2D eigenvalue weighted by Crippen LogP contribution is -2.33. The number of carbonyl (C=O) groups excluding carboxylic acids is 1. The number of urea groups is 1. The summed E-state index contributed by atoms with van der Waals surface area (Å²) in [5, 5.41) is 13.9. The number of amides is 2. The normalized spacial score (nSPS) is 13.6. The number of benzene rings is 1. The average Bonchev–Trinajstić information content (AvgIpc) is 2.17. The van der Waals surface area contributed by atoms with Gasteiger partial charge in [0.2, 0.25) is 0 Å². The molecule has 0 aliphatic carbocycles. The highest BCUT2D eigenvalue weighted by atomic mass is 16.2. The second-order valence-electron chi connectivity index (χ2n) is 2.79. The molecule has 1 aliphatic rings. The van der Waals surface area contributed by atoms with Crippen LogP contribution in [0.3, 0.4) is 0 Å². The molecule has 0 aromatic heterocycles. The van der Waals surface area contributed by atoms with Crippen LogP contribution in [0.2, 0.25) is 0 Å². The molecule has 1 aliphatic heterocycles. The van der Waals surface area contributed by atoms with Gasteiger partial charge in [0.25, 0.3) is 0 Å². The Morgan fingerprint density at radius 3 is 3.08 bits per heavy atom. The molecule has 0 fully saturated rings. The number of hydrogen-bond acceptors (Lipinski definition) is 2. The largest absolute Gasteiger partial charge is 0.334 e. The van der Waals surface area contributed by atoms with E-state index in [9.17, 15) is 4.79 Å². The van der Waals surface area contributed by atoms with Gasteiger partial charge in [-0.25, -0.2) is 4.79 Å². The van der Waals surface area contributed by atoms with Gasteiger partial charge in [-0.2, -0.15) is 5.26 Å². The molecule has 0 spiro atoms. The predicted octanol–water partition coefficient (Wildman–Crippen LogP) is 1.19. The lowest BCUT2D eigenvalue weighted by molar-refractivity contribution is 0.251. The number of nitrogens with zero attached hydrogens (tertiary/aromatic N) is 1. The molecule has 0 saturated heterocycles. The predicted molar refractivity (Wildman–Crippen MR) is 47.0 cm³/mol. The first-order valence-corrected chi connectivity index (χ1v) is 3.87. The molecule has 0 saturated carbocycles. The number of nitrogens with one attached hydrogen (secondary N) is 2. The summed E-state index contributed by atoms with van der Waals surface area (Å²) < 4.78 is 0. The third-order valence-electron chi connectivity index (χ3n) is 1.92. The molecule has 0 radical (unpaired) electrons. The van der Waals surface area contributed by atoms with Gasteiger partial charge in [-0.1, -0.05) is 0 Å². The van der Waals surface area contributed by atoms with E-state index >= 15 is 0 Å². The zero-order valence-electron chi connectivity index (χ0n) is 6.79. The summed E-state index contributed by atoms with van der Waals surface area (Å²) in [4.78, 5) is 10.9. The van der Waals surface area contributed by atoms with E-state index in [0.29, 0.717) is 12.1 Å². The number of rotatable bonds is 0. The Morgan fingerprint density at radius 2 is 2.31 bits per heavy atom. The van der Waals surface area contributed by atoms with Crippen LogP contribution in [0.4, 0.5) is 10.5 Å². The lowest BCUT2D eigenvalue weighted by atomic mass is 10.1. The maximum Gasteiger partial charge on any atom is 0.319 e. The van der Waals surface area contributed by atoms with E-state index in [-0.39, 0.29) is 6.03 Å². The molecule has 0 bridgehead atoms. The van der Waals surface area contributed by atoms with E-state index in [4.69, 9.17) is 5.26 Å². The molecule has 4 heteroatoms. The number of fused-ring (bicyclic) bond motifs is 1. The summed E-state index contributed by atoms with van der Waals surface area (Å²) in [5.74, 6) is 0. The van der Waals surface area contributed by atoms with Crippen molar-refractivity contribution in [1.82, 2.24) is 5.32 Å². The molecule has 4 nitrogen and oxygen atoms in total. The van der Waals surface area contributed by atoms with Crippen LogP contribution >= 0.6 is 0 Å². The first-order valence-electron chi connectivity index (χ1n) is 3.87. The first kappa shape index (κ1) is 7.62. The minimum atomic E-state index is -0.197. The summed E-state index contributed by atoms with van der Waals surface area (Å²) in [5.41, 5.74) is 2.33. The van der Waals surface area contributed by atoms with Gasteiger partial charge in [0, 0.05) is 12.2 Å². The fourth-order valence-corrected chi connectivity index (χ4v) is 1.27. The minimum Gasteiger partial charge on any atom is -0.334 e. The molecule has 2 amide bonds. The zero-order valence-corrected chi connectivity index (χ0v) is 6.79. The summed E-state index contributed by atoms with van der Waals surface area (Å²) in [6.45, 7) is 0.483. The van der Waals surface area contributed by atoms with Crippen molar-refractivity contribution in [2.75, 3.05) is 5.32 Å². The van der Waals surface area contributed by atoms with Crippen LogP contribution in [0.25, 0.3) is 0 Å². The van der Waals surface area contributed by atoms with E-state index in [1.807, 2.05) is 6.07 Å². The maximum absolute atomic E-state index is 10.9. The van der Waals surface area contributed by atoms with Gasteiger partial charge in [-0.05, 0) is 23.8 Å². The van der Waals surface area contributed by atoms with Crippen LogP contribution in [0.1, 0.15) is 11.1 Å². The van der Waals surface area contributed by atoms with E-state index in [2.05, 4.69) is 10.6 Å². The van der Waals surface area contributed by atoms with E-state index in [0.717, 1.165) is 11.3 Å². The van der Waals surface area contributed by atoms with E-state index < -0.39 is 0 Å². The van der Waals surface area contributed by atoms with Crippen LogP contribution in [0, 0.1) is 11.3 Å². The van der Waals surface area contributed by atoms with Crippen molar-refractivity contribution < 1.29 is 4.79 Å². The van der Waals surface area contributed by atoms with Crippen molar-refractivity contribution in [3.05, 3.63) is 29.3 Å². The van der Waals surface area contributed by atoms with Crippen molar-refractivity contribution in [2.24, 2.45) is 0 Å². The number of carbonyl (C=O) groups is 1. The molecule has 64 valence electrons. The molecule has 1 aromatic carbocycles. The highest BCUT2D eigenvalue weighted by molar-refractivity contribution is 5.92. The number of anilines is 1. The third kappa shape index (κ3) is 1.32. The van der Waals surface area contributed by atoms with Crippen molar-refractivity contribution in [3.8, 4) is 6.07 Å². The van der Waals surface area contributed by atoms with Crippen LogP contribution < -0.4 is 10.6 Å². The molecule has 0 atom stereocenters. The summed E-state index contributed by atoms with van der Waals surface area (Å²) >= 11 is 0. The van der Waals surface area contributed by atoms with Gasteiger partial charge in [0.1, 0.15) is 0 Å². The Labute approximate surface area is 75.2 Å². The molecule has 0 unspecified atom stereocenters. The summed E-state index contributed by atoms with van der Waals surface area (Å²) in [6.07, 6.45) is 0. The maximum atomic E-state index is 10.9. The van der Waals surface area contributed by atoms with Gasteiger partial charge in [-0.15, -0.1) is 0 Å². The summed E-state index contributed by atoms with van der Waals surface area (Å²) in [6, 6.07) is 7.04. The van der Waals surface area contributed by atoms with Crippen molar-refractivity contribution in [3.63, 3.8) is 0 Å². The fourth-order valence-electron chi connectivity index (χ4n) is 1.27. The quantitative estimate of drug-likeness (QED) is 0.619. The van der Waals surface area contributed by atoms with Gasteiger partial charge in [0.15, 0.2) is 0 Å². The zero-order chi connectivity index (χ0) is 9.26. The Morgan fingerprint density at radius 1 is 1.46 bits per heavy atom. The average molecular weight is 173 g/mol. The minimum absolute atomic E-state index is 0.197. The van der Waals surface area contributed by atoms with Crippen molar-refractivity contribution in [1.29, 1.82) is 5.26 Å². The second-order valence-corrected chi connectivity index (χ2v) is 2.79.